The molecule has 1 aliphatic rings. The zero-order valence-corrected chi connectivity index (χ0v) is 12.9. The fourth-order valence-corrected chi connectivity index (χ4v) is 2.53. The zero-order valence-electron chi connectivity index (χ0n) is 12.9. The summed E-state index contributed by atoms with van der Waals surface area (Å²) in [5.41, 5.74) is 0.910. The van der Waals surface area contributed by atoms with Crippen LogP contribution in [0.3, 0.4) is 0 Å². The van der Waals surface area contributed by atoms with E-state index in [9.17, 15) is 14.4 Å². The van der Waals surface area contributed by atoms with Crippen LogP contribution in [0.2, 0.25) is 0 Å². The van der Waals surface area contributed by atoms with E-state index >= 15 is 0 Å². The van der Waals surface area contributed by atoms with Gasteiger partial charge in [-0.1, -0.05) is 31.9 Å². The van der Waals surface area contributed by atoms with E-state index in [4.69, 9.17) is 0 Å². The molecule has 0 radical (unpaired) electrons. The molecule has 1 aliphatic heterocycles. The number of nitrogens with zero attached hydrogens (tertiary/aromatic N) is 1. The highest BCUT2D eigenvalue weighted by Gasteiger charge is 2.34. The first-order valence-electron chi connectivity index (χ1n) is 7.87. The van der Waals surface area contributed by atoms with Gasteiger partial charge in [0.25, 0.3) is 11.8 Å². The number of nitrogens with one attached hydrogen (secondary N) is 1. The molecule has 0 unspecified atom stereocenters. The number of unbranched alkanes of at least 4 members (excludes halogenated alkanes) is 2. The number of amides is 3. The summed E-state index contributed by atoms with van der Waals surface area (Å²) in [7, 11) is 0. The number of hydrogen-bond donors (Lipinski definition) is 1. The van der Waals surface area contributed by atoms with Gasteiger partial charge in [0.15, 0.2) is 0 Å². The summed E-state index contributed by atoms with van der Waals surface area (Å²) in [6.45, 7) is 3.10. The van der Waals surface area contributed by atoms with E-state index < -0.39 is 0 Å². The van der Waals surface area contributed by atoms with Gasteiger partial charge in [-0.25, -0.2) is 0 Å². The van der Waals surface area contributed by atoms with Crippen molar-refractivity contribution in [1.82, 2.24) is 10.2 Å². The van der Waals surface area contributed by atoms with Crippen LogP contribution in [0.5, 0.6) is 0 Å². The Labute approximate surface area is 130 Å². The second-order valence-corrected chi connectivity index (χ2v) is 5.47. The van der Waals surface area contributed by atoms with E-state index in [1.54, 1.807) is 24.3 Å². The third-order valence-corrected chi connectivity index (χ3v) is 3.77. The van der Waals surface area contributed by atoms with Crippen LogP contribution in [0, 0.1) is 0 Å². The molecule has 1 N–H and O–H groups in total. The molecule has 2 rings (SSSR count). The Kier molecular flexibility index (Phi) is 5.69. The second-order valence-electron chi connectivity index (χ2n) is 5.47. The molecule has 1 heterocycles. The van der Waals surface area contributed by atoms with Crippen molar-refractivity contribution in [2.75, 3.05) is 13.1 Å². The number of hydrogen-bond acceptors (Lipinski definition) is 3. The number of carbonyl (C=O) groups is 3. The Bertz CT molecular complexity index is 534. The lowest BCUT2D eigenvalue weighted by atomic mass is 10.1. The number of imide groups is 1. The molecule has 22 heavy (non-hydrogen) atoms. The minimum Gasteiger partial charge on any atom is -0.356 e. The van der Waals surface area contributed by atoms with Crippen LogP contribution in [0.25, 0.3) is 0 Å². The Balaban J connectivity index is 1.75. The first-order valence-corrected chi connectivity index (χ1v) is 7.87. The molecule has 0 bridgehead atoms. The maximum Gasteiger partial charge on any atom is 0.261 e. The van der Waals surface area contributed by atoms with E-state index in [0.717, 1.165) is 19.3 Å². The summed E-state index contributed by atoms with van der Waals surface area (Å²) in [4.78, 5) is 37.2. The lowest BCUT2D eigenvalue weighted by Gasteiger charge is -2.13. The lowest BCUT2D eigenvalue weighted by molar-refractivity contribution is -0.121. The maximum atomic E-state index is 12.1. The van der Waals surface area contributed by atoms with Crippen LogP contribution < -0.4 is 5.32 Å². The predicted molar refractivity (Wildman–Crippen MR) is 83.6 cm³/mol. The van der Waals surface area contributed by atoms with E-state index in [1.165, 1.54) is 4.90 Å². The molecule has 0 atom stereocenters. The largest absolute Gasteiger partial charge is 0.356 e. The summed E-state index contributed by atoms with van der Waals surface area (Å²) in [6.07, 6.45) is 4.04. The summed E-state index contributed by atoms with van der Waals surface area (Å²) in [6, 6.07) is 6.82. The summed E-state index contributed by atoms with van der Waals surface area (Å²) in [5.74, 6) is -0.541. The standard InChI is InChI=1S/C17H22N2O3/c1-2-3-6-11-18-15(20)10-7-12-19-16(21)13-8-4-5-9-14(13)17(19)22/h4-5,8-9H,2-3,6-7,10-12H2,1H3,(H,18,20). The minimum atomic E-state index is -0.260. The number of rotatable bonds is 8. The Hall–Kier alpha value is -2.17. The van der Waals surface area contributed by atoms with E-state index in [1.807, 2.05) is 0 Å². The lowest BCUT2D eigenvalue weighted by Crippen LogP contribution is -2.32. The van der Waals surface area contributed by atoms with Crippen molar-refractivity contribution in [2.24, 2.45) is 0 Å². The van der Waals surface area contributed by atoms with Gasteiger partial charge in [-0.3, -0.25) is 19.3 Å². The first-order chi connectivity index (χ1) is 10.6. The molecular weight excluding hydrogens is 280 g/mol. The highest BCUT2D eigenvalue weighted by atomic mass is 16.2. The molecule has 1 aromatic carbocycles. The van der Waals surface area contributed by atoms with Gasteiger partial charge in [-0.05, 0) is 25.0 Å². The van der Waals surface area contributed by atoms with Gasteiger partial charge in [0, 0.05) is 19.5 Å². The van der Waals surface area contributed by atoms with Crippen LogP contribution in [0.1, 0.15) is 59.7 Å². The third-order valence-electron chi connectivity index (χ3n) is 3.77. The molecule has 0 aliphatic carbocycles. The Morgan fingerprint density at radius 2 is 1.68 bits per heavy atom. The topological polar surface area (TPSA) is 66.5 Å². The molecule has 3 amide bonds. The molecule has 118 valence electrons. The van der Waals surface area contributed by atoms with Crippen LogP contribution in [-0.4, -0.2) is 35.7 Å². The molecule has 0 saturated heterocycles. The molecule has 0 saturated carbocycles. The second kappa shape index (κ2) is 7.73. The Morgan fingerprint density at radius 3 is 2.27 bits per heavy atom. The maximum absolute atomic E-state index is 12.1. The van der Waals surface area contributed by atoms with Gasteiger partial charge in [0.05, 0.1) is 11.1 Å². The average Bonchev–Trinajstić information content (AvgIpc) is 2.77. The molecule has 1 aromatic rings. The molecule has 0 spiro atoms. The van der Waals surface area contributed by atoms with Crippen LogP contribution >= 0.6 is 0 Å². The minimum absolute atomic E-state index is 0.0206. The van der Waals surface area contributed by atoms with Crippen molar-refractivity contribution in [3.05, 3.63) is 35.4 Å². The molecular formula is C17H22N2O3. The van der Waals surface area contributed by atoms with Gasteiger partial charge in [0.2, 0.25) is 5.91 Å². The van der Waals surface area contributed by atoms with Gasteiger partial charge in [-0.15, -0.1) is 0 Å². The zero-order chi connectivity index (χ0) is 15.9. The van der Waals surface area contributed by atoms with Crippen LogP contribution in [0.4, 0.5) is 0 Å². The Morgan fingerprint density at radius 1 is 1.05 bits per heavy atom. The van der Waals surface area contributed by atoms with E-state index in [2.05, 4.69) is 12.2 Å². The van der Waals surface area contributed by atoms with Crippen molar-refractivity contribution < 1.29 is 14.4 Å². The van der Waals surface area contributed by atoms with Gasteiger partial charge in [-0.2, -0.15) is 0 Å². The van der Waals surface area contributed by atoms with E-state index in [0.29, 0.717) is 30.5 Å². The van der Waals surface area contributed by atoms with Crippen molar-refractivity contribution in [2.45, 2.75) is 39.0 Å². The average molecular weight is 302 g/mol. The molecule has 0 aromatic heterocycles. The highest BCUT2D eigenvalue weighted by Crippen LogP contribution is 2.22. The van der Waals surface area contributed by atoms with Crippen molar-refractivity contribution in [3.63, 3.8) is 0 Å². The SMILES string of the molecule is CCCCCNC(=O)CCCN1C(=O)c2ccccc2C1=O. The van der Waals surface area contributed by atoms with Crippen molar-refractivity contribution >= 4 is 17.7 Å². The molecule has 0 fully saturated rings. The monoisotopic (exact) mass is 302 g/mol. The summed E-state index contributed by atoms with van der Waals surface area (Å²) in [5, 5.41) is 2.86. The normalized spacial score (nSPS) is 13.4. The predicted octanol–water partition coefficient (Wildman–Crippen LogP) is 2.37. The number of benzene rings is 1. The molecule has 5 nitrogen and oxygen atoms in total. The number of fused-ring (bicyclic) bond motifs is 1. The van der Waals surface area contributed by atoms with Crippen molar-refractivity contribution in [3.8, 4) is 0 Å². The summed E-state index contributed by atoms with van der Waals surface area (Å²) >= 11 is 0. The third kappa shape index (κ3) is 3.72. The van der Waals surface area contributed by atoms with Gasteiger partial charge < -0.3 is 5.32 Å². The van der Waals surface area contributed by atoms with Crippen LogP contribution in [0.15, 0.2) is 24.3 Å². The fourth-order valence-electron chi connectivity index (χ4n) is 2.53. The van der Waals surface area contributed by atoms with Crippen molar-refractivity contribution in [1.29, 1.82) is 0 Å². The summed E-state index contributed by atoms with van der Waals surface area (Å²) < 4.78 is 0. The fraction of sp³-hybridized carbons (Fsp3) is 0.471. The smallest absolute Gasteiger partial charge is 0.261 e. The first kappa shape index (κ1) is 16.2. The van der Waals surface area contributed by atoms with Crippen LogP contribution in [-0.2, 0) is 4.79 Å². The highest BCUT2D eigenvalue weighted by molar-refractivity contribution is 6.21. The molecule has 5 heteroatoms. The van der Waals surface area contributed by atoms with E-state index in [-0.39, 0.29) is 24.3 Å². The van der Waals surface area contributed by atoms with Gasteiger partial charge in [0.1, 0.15) is 0 Å². The van der Waals surface area contributed by atoms with Gasteiger partial charge >= 0.3 is 0 Å². The quantitative estimate of drug-likeness (QED) is 0.592. The number of carbonyl (C=O) groups excluding carboxylic acids is 3.